The van der Waals surface area contributed by atoms with E-state index < -0.39 is 0 Å². The predicted octanol–water partition coefficient (Wildman–Crippen LogP) is 7.69. The molecule has 28 heavy (non-hydrogen) atoms. The Bertz CT molecular complexity index is 731. The number of hydrogen-bond donors (Lipinski definition) is 0. The highest BCUT2D eigenvalue weighted by atomic mass is 16.5. The van der Waals surface area contributed by atoms with Gasteiger partial charge in [-0.15, -0.1) is 6.58 Å². The molecular weight excluding hydrogens is 340 g/mol. The van der Waals surface area contributed by atoms with Gasteiger partial charge in [-0.3, -0.25) is 0 Å². The second-order valence-corrected chi connectivity index (χ2v) is 7.97. The first-order valence-corrected chi connectivity index (χ1v) is 10.8. The Labute approximate surface area is 171 Å². The van der Waals surface area contributed by atoms with Gasteiger partial charge in [-0.05, 0) is 79.5 Å². The summed E-state index contributed by atoms with van der Waals surface area (Å²) in [5, 5.41) is 0. The number of ether oxygens (including phenoxy) is 1. The third-order valence-electron chi connectivity index (χ3n) is 5.96. The Morgan fingerprint density at radius 2 is 1.57 bits per heavy atom. The first-order valence-electron chi connectivity index (χ1n) is 10.8. The van der Waals surface area contributed by atoms with Crippen molar-refractivity contribution in [3.8, 4) is 11.1 Å². The van der Waals surface area contributed by atoms with E-state index in [2.05, 4.69) is 74.2 Å². The molecule has 0 spiro atoms. The average Bonchev–Trinajstić information content (AvgIpc) is 2.76. The smallest absolute Gasteiger partial charge is 0.0717 e. The highest BCUT2D eigenvalue weighted by molar-refractivity contribution is 5.64. The monoisotopic (exact) mass is 374 g/mol. The Morgan fingerprint density at radius 3 is 2.18 bits per heavy atom. The van der Waals surface area contributed by atoms with E-state index in [4.69, 9.17) is 4.74 Å². The quantitative estimate of drug-likeness (QED) is 0.323. The molecule has 0 unspecified atom stereocenters. The normalized spacial score (nSPS) is 19.8. The molecule has 0 aromatic heterocycles. The van der Waals surface area contributed by atoms with Crippen LogP contribution in [0.4, 0.5) is 0 Å². The molecule has 0 heterocycles. The zero-order chi connectivity index (χ0) is 19.6. The van der Waals surface area contributed by atoms with Crippen molar-refractivity contribution in [2.75, 3.05) is 6.61 Å². The third-order valence-corrected chi connectivity index (χ3v) is 5.96. The Balaban J connectivity index is 1.53. The summed E-state index contributed by atoms with van der Waals surface area (Å²) < 4.78 is 5.64. The molecule has 0 radical (unpaired) electrons. The molecule has 1 saturated carbocycles. The van der Waals surface area contributed by atoms with E-state index in [-0.39, 0.29) is 0 Å². The molecule has 2 aromatic rings. The molecule has 1 heteroatoms. The minimum absolute atomic E-state index is 0.670. The molecule has 0 aliphatic heterocycles. The van der Waals surface area contributed by atoms with Crippen LogP contribution in [0.15, 0.2) is 73.3 Å². The summed E-state index contributed by atoms with van der Waals surface area (Å²) in [7, 11) is 0. The lowest BCUT2D eigenvalue weighted by Crippen LogP contribution is -2.12. The second-order valence-electron chi connectivity index (χ2n) is 7.97. The average molecular weight is 375 g/mol. The van der Waals surface area contributed by atoms with E-state index in [1.54, 1.807) is 0 Å². The molecule has 148 valence electrons. The molecule has 0 atom stereocenters. The number of hydrogen-bond acceptors (Lipinski definition) is 1. The van der Waals surface area contributed by atoms with Gasteiger partial charge in [0.05, 0.1) is 13.2 Å². The van der Waals surface area contributed by atoms with Crippen molar-refractivity contribution in [1.82, 2.24) is 0 Å². The second kappa shape index (κ2) is 11.0. The zero-order valence-corrected chi connectivity index (χ0v) is 17.3. The van der Waals surface area contributed by atoms with Crippen LogP contribution in [-0.2, 0) is 11.3 Å². The van der Waals surface area contributed by atoms with Gasteiger partial charge < -0.3 is 4.74 Å². The highest BCUT2D eigenvalue weighted by Gasteiger charge is 2.21. The standard InChI is InChI=1S/C27H34O/c1-3-5-7-22-8-12-24(13-9-22)26-16-18-27(19-17-26)25-14-10-23(11-15-25)21-28-20-6-4-2/h3-5,10-11,14-19,22,24H,2,6-9,12-13,20-21H2,1H3/b5-3+/t22-,24-. The van der Waals surface area contributed by atoms with Crippen molar-refractivity contribution in [3.05, 3.63) is 84.5 Å². The van der Waals surface area contributed by atoms with Crippen LogP contribution in [0.25, 0.3) is 11.1 Å². The molecular formula is C27H34O. The van der Waals surface area contributed by atoms with E-state index in [0.717, 1.165) is 24.9 Å². The summed E-state index contributed by atoms with van der Waals surface area (Å²) >= 11 is 0. The molecule has 1 aliphatic carbocycles. The summed E-state index contributed by atoms with van der Waals surface area (Å²) in [6.45, 7) is 7.25. The number of rotatable bonds is 9. The number of benzene rings is 2. The van der Waals surface area contributed by atoms with Gasteiger partial charge in [-0.1, -0.05) is 66.8 Å². The van der Waals surface area contributed by atoms with Crippen LogP contribution in [0.3, 0.4) is 0 Å². The van der Waals surface area contributed by atoms with Gasteiger partial charge in [-0.25, -0.2) is 0 Å². The summed E-state index contributed by atoms with van der Waals surface area (Å²) in [4.78, 5) is 0. The van der Waals surface area contributed by atoms with Gasteiger partial charge in [0, 0.05) is 0 Å². The number of allylic oxidation sites excluding steroid dienone is 2. The lowest BCUT2D eigenvalue weighted by Gasteiger charge is -2.28. The summed E-state index contributed by atoms with van der Waals surface area (Å²) in [6, 6.07) is 18.0. The topological polar surface area (TPSA) is 9.23 Å². The fraction of sp³-hybridized carbons (Fsp3) is 0.407. The van der Waals surface area contributed by atoms with E-state index in [1.807, 2.05) is 6.08 Å². The molecule has 3 rings (SSSR count). The summed E-state index contributed by atoms with van der Waals surface area (Å²) in [6.07, 6.45) is 14.0. The fourth-order valence-corrected chi connectivity index (χ4v) is 4.16. The summed E-state index contributed by atoms with van der Waals surface area (Å²) in [5.41, 5.74) is 5.31. The van der Waals surface area contributed by atoms with Crippen LogP contribution < -0.4 is 0 Å². The van der Waals surface area contributed by atoms with Crippen molar-refractivity contribution in [1.29, 1.82) is 0 Å². The van der Waals surface area contributed by atoms with Crippen molar-refractivity contribution in [2.24, 2.45) is 5.92 Å². The maximum Gasteiger partial charge on any atom is 0.0717 e. The van der Waals surface area contributed by atoms with Gasteiger partial charge in [0.15, 0.2) is 0 Å². The van der Waals surface area contributed by atoms with Crippen LogP contribution in [-0.4, -0.2) is 6.61 Å². The van der Waals surface area contributed by atoms with Crippen molar-refractivity contribution in [2.45, 2.75) is 58.0 Å². The lowest BCUT2D eigenvalue weighted by molar-refractivity contribution is 0.125. The predicted molar refractivity (Wildman–Crippen MR) is 120 cm³/mol. The van der Waals surface area contributed by atoms with Crippen molar-refractivity contribution < 1.29 is 4.74 Å². The van der Waals surface area contributed by atoms with Crippen LogP contribution >= 0.6 is 0 Å². The molecule has 0 saturated heterocycles. The van der Waals surface area contributed by atoms with Gasteiger partial charge in [0.2, 0.25) is 0 Å². The first-order chi connectivity index (χ1) is 13.8. The van der Waals surface area contributed by atoms with Crippen LogP contribution in [0.2, 0.25) is 0 Å². The molecule has 2 aromatic carbocycles. The Kier molecular flexibility index (Phi) is 8.11. The Morgan fingerprint density at radius 1 is 0.929 bits per heavy atom. The molecule has 0 N–H and O–H groups in total. The molecule has 0 bridgehead atoms. The first kappa shape index (κ1) is 20.6. The maximum atomic E-state index is 5.64. The van der Waals surface area contributed by atoms with Gasteiger partial charge >= 0.3 is 0 Å². The van der Waals surface area contributed by atoms with Crippen LogP contribution in [0.5, 0.6) is 0 Å². The fourth-order valence-electron chi connectivity index (χ4n) is 4.16. The molecule has 1 fully saturated rings. The minimum Gasteiger partial charge on any atom is -0.376 e. The van der Waals surface area contributed by atoms with E-state index >= 15 is 0 Å². The SMILES string of the molecule is C=CCCOCc1ccc(-c2ccc([C@H]3CC[C@H](C/C=C/C)CC3)cc2)cc1. The van der Waals surface area contributed by atoms with Gasteiger partial charge in [-0.2, -0.15) is 0 Å². The summed E-state index contributed by atoms with van der Waals surface area (Å²) in [5.74, 6) is 1.64. The third kappa shape index (κ3) is 5.94. The van der Waals surface area contributed by atoms with E-state index in [0.29, 0.717) is 6.61 Å². The maximum absolute atomic E-state index is 5.64. The zero-order valence-electron chi connectivity index (χ0n) is 17.3. The molecule has 1 nitrogen and oxygen atoms in total. The lowest BCUT2D eigenvalue weighted by atomic mass is 9.77. The van der Waals surface area contributed by atoms with Gasteiger partial charge in [0.1, 0.15) is 0 Å². The highest BCUT2D eigenvalue weighted by Crippen LogP contribution is 2.37. The van der Waals surface area contributed by atoms with Crippen LogP contribution in [0, 0.1) is 5.92 Å². The van der Waals surface area contributed by atoms with Crippen molar-refractivity contribution >= 4 is 0 Å². The molecule has 0 amide bonds. The Hall–Kier alpha value is -2.12. The van der Waals surface area contributed by atoms with Crippen LogP contribution in [0.1, 0.15) is 62.5 Å². The van der Waals surface area contributed by atoms with Crippen molar-refractivity contribution in [3.63, 3.8) is 0 Å². The largest absolute Gasteiger partial charge is 0.376 e. The minimum atomic E-state index is 0.670. The van der Waals surface area contributed by atoms with E-state index in [9.17, 15) is 0 Å². The van der Waals surface area contributed by atoms with E-state index in [1.165, 1.54) is 54.4 Å². The molecule has 1 aliphatic rings. The van der Waals surface area contributed by atoms with Gasteiger partial charge in [0.25, 0.3) is 0 Å².